The van der Waals surface area contributed by atoms with Crippen LogP contribution in [-0.4, -0.2) is 49.9 Å². The van der Waals surface area contributed by atoms with Gasteiger partial charge >= 0.3 is 0 Å². The van der Waals surface area contributed by atoms with Crippen molar-refractivity contribution in [3.8, 4) is 0 Å². The van der Waals surface area contributed by atoms with Crippen LogP contribution in [0.1, 0.15) is 55.3 Å². The molecule has 1 saturated carbocycles. The molecule has 2 fully saturated rings. The van der Waals surface area contributed by atoms with Gasteiger partial charge in [0.25, 0.3) is 5.91 Å². The number of amides is 1. The molecule has 25 heavy (non-hydrogen) atoms. The van der Waals surface area contributed by atoms with Crippen molar-refractivity contribution in [2.24, 2.45) is 0 Å². The molecule has 7 heteroatoms. The second-order valence-electron chi connectivity index (χ2n) is 7.20. The lowest BCUT2D eigenvalue weighted by atomic mass is 9.94. The summed E-state index contributed by atoms with van der Waals surface area (Å²) in [5.41, 5.74) is 0.620. The molecule has 2 aliphatic rings. The van der Waals surface area contributed by atoms with Crippen molar-refractivity contribution in [2.45, 2.75) is 56.2 Å². The van der Waals surface area contributed by atoms with Gasteiger partial charge in [-0.25, -0.2) is 13.4 Å². The first-order chi connectivity index (χ1) is 11.9. The van der Waals surface area contributed by atoms with Gasteiger partial charge in [0.1, 0.15) is 15.7 Å². The molecule has 6 nitrogen and oxygen atoms in total. The van der Waals surface area contributed by atoms with E-state index in [-0.39, 0.29) is 17.2 Å². The highest BCUT2D eigenvalue weighted by Gasteiger charge is 2.29. The summed E-state index contributed by atoms with van der Waals surface area (Å²) >= 11 is 0. The van der Waals surface area contributed by atoms with Gasteiger partial charge in [0.2, 0.25) is 0 Å². The molecule has 1 aliphatic carbocycles. The smallest absolute Gasteiger partial charge is 0.255 e. The highest BCUT2D eigenvalue weighted by Crippen LogP contribution is 2.25. The minimum absolute atomic E-state index is 0.0416. The van der Waals surface area contributed by atoms with Crippen molar-refractivity contribution in [1.29, 1.82) is 0 Å². The third kappa shape index (κ3) is 4.51. The number of pyridine rings is 1. The van der Waals surface area contributed by atoms with Gasteiger partial charge in [-0.15, -0.1) is 0 Å². The number of carbonyl (C=O) groups excluding carboxylic acids is 1. The number of aromatic nitrogens is 1. The Labute approximate surface area is 149 Å². The molecule has 1 aromatic heterocycles. The molecule has 0 radical (unpaired) electrons. The standard InChI is InChI=1S/C18H27N3O3S/c1-25(23,24)15-9-7-14(8-10-15)20-18(22)16-6-5-11-19-17(16)21-12-3-2-4-13-21/h5-6,11,14-15H,2-4,7-10,12-13H2,1H3,(H,20,22). The van der Waals surface area contributed by atoms with Crippen molar-refractivity contribution >= 4 is 21.6 Å². The first kappa shape index (κ1) is 18.2. The number of hydrogen-bond acceptors (Lipinski definition) is 5. The van der Waals surface area contributed by atoms with E-state index in [9.17, 15) is 13.2 Å². The fourth-order valence-electron chi connectivity index (χ4n) is 3.83. The van der Waals surface area contributed by atoms with Crippen LogP contribution in [0.25, 0.3) is 0 Å². The van der Waals surface area contributed by atoms with Crippen molar-refractivity contribution in [3.63, 3.8) is 0 Å². The third-order valence-corrected chi connectivity index (χ3v) is 6.98. The van der Waals surface area contributed by atoms with Gasteiger partial charge in [0.05, 0.1) is 10.8 Å². The molecule has 0 atom stereocenters. The van der Waals surface area contributed by atoms with E-state index in [4.69, 9.17) is 0 Å². The van der Waals surface area contributed by atoms with Gasteiger partial charge in [0, 0.05) is 31.6 Å². The lowest BCUT2D eigenvalue weighted by Gasteiger charge is -2.30. The monoisotopic (exact) mass is 365 g/mol. The number of anilines is 1. The average molecular weight is 365 g/mol. The minimum Gasteiger partial charge on any atom is -0.356 e. The van der Waals surface area contributed by atoms with Crippen LogP contribution in [0.15, 0.2) is 18.3 Å². The van der Waals surface area contributed by atoms with Crippen LogP contribution in [0.3, 0.4) is 0 Å². The van der Waals surface area contributed by atoms with E-state index < -0.39 is 9.84 Å². The fraction of sp³-hybridized carbons (Fsp3) is 0.667. The van der Waals surface area contributed by atoms with Crippen LogP contribution >= 0.6 is 0 Å². The Balaban J connectivity index is 1.64. The summed E-state index contributed by atoms with van der Waals surface area (Å²) in [5.74, 6) is 0.668. The predicted molar refractivity (Wildman–Crippen MR) is 98.7 cm³/mol. The van der Waals surface area contributed by atoms with E-state index in [2.05, 4.69) is 15.2 Å². The van der Waals surface area contributed by atoms with Crippen LogP contribution in [0.5, 0.6) is 0 Å². The maximum absolute atomic E-state index is 12.8. The van der Waals surface area contributed by atoms with Crippen molar-refractivity contribution in [1.82, 2.24) is 10.3 Å². The van der Waals surface area contributed by atoms with Gasteiger partial charge in [-0.05, 0) is 57.1 Å². The largest absolute Gasteiger partial charge is 0.356 e. The first-order valence-electron chi connectivity index (χ1n) is 9.15. The predicted octanol–water partition coefficient (Wildman–Crippen LogP) is 2.16. The quantitative estimate of drug-likeness (QED) is 0.884. The molecule has 1 N–H and O–H groups in total. The van der Waals surface area contributed by atoms with Crippen molar-refractivity contribution in [3.05, 3.63) is 23.9 Å². The summed E-state index contributed by atoms with van der Waals surface area (Å²) in [6.07, 6.45) is 9.20. The summed E-state index contributed by atoms with van der Waals surface area (Å²) < 4.78 is 23.3. The normalized spacial score (nSPS) is 24.8. The maximum atomic E-state index is 12.8. The minimum atomic E-state index is -2.98. The van der Waals surface area contributed by atoms with Crippen LogP contribution in [0.2, 0.25) is 0 Å². The molecule has 0 unspecified atom stereocenters. The Hall–Kier alpha value is -1.63. The van der Waals surface area contributed by atoms with E-state index in [1.165, 1.54) is 12.7 Å². The summed E-state index contributed by atoms with van der Waals surface area (Å²) in [6.45, 7) is 1.88. The molecule has 1 aromatic rings. The zero-order valence-electron chi connectivity index (χ0n) is 14.8. The number of nitrogens with zero attached hydrogens (tertiary/aromatic N) is 2. The van der Waals surface area contributed by atoms with Gasteiger partial charge in [0.15, 0.2) is 0 Å². The average Bonchev–Trinajstić information content (AvgIpc) is 2.62. The molecule has 0 bridgehead atoms. The lowest BCUT2D eigenvalue weighted by molar-refractivity contribution is 0.0928. The Bertz CT molecular complexity index is 706. The van der Waals surface area contributed by atoms with E-state index in [0.29, 0.717) is 31.2 Å². The van der Waals surface area contributed by atoms with E-state index >= 15 is 0 Å². The first-order valence-corrected chi connectivity index (χ1v) is 11.1. The van der Waals surface area contributed by atoms with Crippen molar-refractivity contribution in [2.75, 3.05) is 24.2 Å². The molecular formula is C18H27N3O3S. The number of hydrogen-bond donors (Lipinski definition) is 1. The van der Waals surface area contributed by atoms with Gasteiger partial charge < -0.3 is 10.2 Å². The highest BCUT2D eigenvalue weighted by molar-refractivity contribution is 7.91. The number of piperidine rings is 1. The zero-order valence-corrected chi connectivity index (χ0v) is 15.6. The Morgan fingerprint density at radius 2 is 1.84 bits per heavy atom. The van der Waals surface area contributed by atoms with Crippen LogP contribution in [0.4, 0.5) is 5.82 Å². The molecular weight excluding hydrogens is 338 g/mol. The molecule has 1 saturated heterocycles. The highest BCUT2D eigenvalue weighted by atomic mass is 32.2. The zero-order chi connectivity index (χ0) is 17.9. The molecule has 0 spiro atoms. The maximum Gasteiger partial charge on any atom is 0.255 e. The topological polar surface area (TPSA) is 79.4 Å². The molecule has 1 aliphatic heterocycles. The SMILES string of the molecule is CS(=O)(=O)C1CCC(NC(=O)c2cccnc2N2CCCCC2)CC1. The summed E-state index contributed by atoms with van der Waals surface area (Å²) in [4.78, 5) is 19.4. The van der Waals surface area contributed by atoms with E-state index in [1.54, 1.807) is 12.3 Å². The fourth-order valence-corrected chi connectivity index (χ4v) is 4.96. The van der Waals surface area contributed by atoms with Crippen molar-refractivity contribution < 1.29 is 13.2 Å². The Morgan fingerprint density at radius 1 is 1.16 bits per heavy atom. The molecule has 138 valence electrons. The number of rotatable bonds is 4. The Morgan fingerprint density at radius 3 is 2.48 bits per heavy atom. The second-order valence-corrected chi connectivity index (χ2v) is 9.52. The van der Waals surface area contributed by atoms with Gasteiger partial charge in [-0.3, -0.25) is 4.79 Å². The van der Waals surface area contributed by atoms with Gasteiger partial charge in [-0.1, -0.05) is 0 Å². The summed E-state index contributed by atoms with van der Waals surface area (Å²) in [7, 11) is -2.98. The summed E-state index contributed by atoms with van der Waals surface area (Å²) in [5, 5.41) is 2.83. The number of carbonyl (C=O) groups is 1. The van der Waals surface area contributed by atoms with E-state index in [1.807, 2.05) is 6.07 Å². The number of nitrogens with one attached hydrogen (secondary N) is 1. The lowest BCUT2D eigenvalue weighted by Crippen LogP contribution is -2.41. The summed E-state index contributed by atoms with van der Waals surface area (Å²) in [6, 6.07) is 3.66. The van der Waals surface area contributed by atoms with Crippen LogP contribution in [-0.2, 0) is 9.84 Å². The molecule has 0 aromatic carbocycles. The Kier molecular flexibility index (Phi) is 5.61. The number of sulfone groups is 1. The third-order valence-electron chi connectivity index (χ3n) is 5.30. The second kappa shape index (κ2) is 7.72. The van der Waals surface area contributed by atoms with E-state index in [0.717, 1.165) is 31.7 Å². The van der Waals surface area contributed by atoms with Crippen LogP contribution < -0.4 is 10.2 Å². The molecule has 2 heterocycles. The molecule has 1 amide bonds. The van der Waals surface area contributed by atoms with Gasteiger partial charge in [-0.2, -0.15) is 0 Å². The van der Waals surface area contributed by atoms with Crippen LogP contribution in [0, 0.1) is 0 Å². The molecule has 3 rings (SSSR count).